The number of piperidine rings is 1. The largest absolute Gasteiger partial charge is 0.388 e. The highest BCUT2D eigenvalue weighted by atomic mass is 32.2. The van der Waals surface area contributed by atoms with Crippen molar-refractivity contribution in [1.82, 2.24) is 9.88 Å². The fourth-order valence-electron chi connectivity index (χ4n) is 3.38. The molecule has 1 aliphatic heterocycles. The van der Waals surface area contributed by atoms with E-state index in [0.29, 0.717) is 23.9 Å². The molecular formula is C21H26N2O2S. The molecule has 138 valence electrons. The molecule has 0 radical (unpaired) electrons. The van der Waals surface area contributed by atoms with Crippen LogP contribution in [0.4, 0.5) is 0 Å². The zero-order chi connectivity index (χ0) is 18.5. The zero-order valence-corrected chi connectivity index (χ0v) is 16.2. The smallest absolute Gasteiger partial charge is 0.256 e. The molecule has 1 atom stereocenters. The molecule has 0 bridgehead atoms. The Labute approximate surface area is 159 Å². The number of nitrogens with zero attached hydrogens (tertiary/aromatic N) is 2. The summed E-state index contributed by atoms with van der Waals surface area (Å²) in [5, 5.41) is 11.8. The molecule has 1 amide bonds. The summed E-state index contributed by atoms with van der Waals surface area (Å²) in [6, 6.07) is 13.5. The molecule has 26 heavy (non-hydrogen) atoms. The van der Waals surface area contributed by atoms with E-state index in [1.54, 1.807) is 18.0 Å². The number of hydrogen-bond donors (Lipinski definition) is 1. The van der Waals surface area contributed by atoms with Gasteiger partial charge in [0.05, 0.1) is 11.7 Å². The topological polar surface area (TPSA) is 53.4 Å². The van der Waals surface area contributed by atoms with Crippen molar-refractivity contribution >= 4 is 17.7 Å². The van der Waals surface area contributed by atoms with Gasteiger partial charge in [-0.05, 0) is 36.5 Å². The Bertz CT molecular complexity index is 728. The minimum Gasteiger partial charge on any atom is -0.388 e. The van der Waals surface area contributed by atoms with Crippen LogP contribution in [0.1, 0.15) is 48.7 Å². The van der Waals surface area contributed by atoms with Crippen LogP contribution < -0.4 is 0 Å². The standard InChI is InChI=1S/C21H26N2O2S/c1-15(2)26-20-18(9-6-12-22-20)21(25)23-13-10-17(11-14-23)19(24)16-7-4-3-5-8-16/h3-9,12,15,17,19,24H,10-11,13-14H2,1-2H3. The van der Waals surface area contributed by atoms with Gasteiger partial charge in [-0.3, -0.25) is 4.79 Å². The Morgan fingerprint density at radius 1 is 1.15 bits per heavy atom. The van der Waals surface area contributed by atoms with E-state index < -0.39 is 6.10 Å². The molecule has 1 unspecified atom stereocenters. The van der Waals surface area contributed by atoms with Crippen molar-refractivity contribution in [2.75, 3.05) is 13.1 Å². The van der Waals surface area contributed by atoms with Crippen LogP contribution in [0.25, 0.3) is 0 Å². The van der Waals surface area contributed by atoms with Gasteiger partial charge in [-0.15, -0.1) is 11.8 Å². The van der Waals surface area contributed by atoms with E-state index in [1.165, 1.54) is 0 Å². The summed E-state index contributed by atoms with van der Waals surface area (Å²) in [6.07, 6.45) is 2.91. The number of likely N-dealkylation sites (tertiary alicyclic amines) is 1. The molecule has 1 aromatic carbocycles. The lowest BCUT2D eigenvalue weighted by molar-refractivity contribution is 0.0459. The van der Waals surface area contributed by atoms with Crippen LogP contribution in [0.5, 0.6) is 0 Å². The number of carbonyl (C=O) groups is 1. The third-order valence-corrected chi connectivity index (χ3v) is 5.78. The first-order valence-electron chi connectivity index (χ1n) is 9.20. The van der Waals surface area contributed by atoms with E-state index in [0.717, 1.165) is 23.4 Å². The van der Waals surface area contributed by atoms with E-state index in [1.807, 2.05) is 47.4 Å². The summed E-state index contributed by atoms with van der Waals surface area (Å²) in [7, 11) is 0. The Morgan fingerprint density at radius 3 is 2.50 bits per heavy atom. The zero-order valence-electron chi connectivity index (χ0n) is 15.3. The molecule has 5 heteroatoms. The molecule has 2 aromatic rings. The second-order valence-electron chi connectivity index (χ2n) is 7.01. The normalized spacial score (nSPS) is 16.7. The fraction of sp³-hybridized carbons (Fsp3) is 0.429. The van der Waals surface area contributed by atoms with Gasteiger partial charge in [0.1, 0.15) is 5.03 Å². The first-order valence-corrected chi connectivity index (χ1v) is 10.1. The second kappa shape index (κ2) is 8.69. The van der Waals surface area contributed by atoms with Gasteiger partial charge >= 0.3 is 0 Å². The Hall–Kier alpha value is -1.85. The lowest BCUT2D eigenvalue weighted by Crippen LogP contribution is -2.40. The van der Waals surface area contributed by atoms with Crippen molar-refractivity contribution in [2.24, 2.45) is 5.92 Å². The van der Waals surface area contributed by atoms with Crippen LogP contribution in [0.3, 0.4) is 0 Å². The average molecular weight is 371 g/mol. The Balaban J connectivity index is 1.64. The number of pyridine rings is 1. The van der Waals surface area contributed by atoms with Crippen molar-refractivity contribution in [3.63, 3.8) is 0 Å². The number of aliphatic hydroxyl groups is 1. The lowest BCUT2D eigenvalue weighted by Gasteiger charge is -2.34. The molecule has 0 saturated carbocycles. The molecular weight excluding hydrogens is 344 g/mol. The second-order valence-corrected chi connectivity index (χ2v) is 8.57. The molecule has 4 nitrogen and oxygen atoms in total. The van der Waals surface area contributed by atoms with Gasteiger partial charge < -0.3 is 10.0 Å². The van der Waals surface area contributed by atoms with Gasteiger partial charge in [0.25, 0.3) is 5.91 Å². The Morgan fingerprint density at radius 2 is 1.85 bits per heavy atom. The van der Waals surface area contributed by atoms with E-state index >= 15 is 0 Å². The predicted octanol–water partition coefficient (Wildman–Crippen LogP) is 4.17. The van der Waals surface area contributed by atoms with Crippen molar-refractivity contribution in [2.45, 2.75) is 43.1 Å². The van der Waals surface area contributed by atoms with Crippen molar-refractivity contribution in [3.8, 4) is 0 Å². The first-order chi connectivity index (χ1) is 12.6. The monoisotopic (exact) mass is 370 g/mol. The molecule has 0 aliphatic carbocycles. The van der Waals surface area contributed by atoms with Crippen molar-refractivity contribution < 1.29 is 9.90 Å². The van der Waals surface area contributed by atoms with Crippen molar-refractivity contribution in [1.29, 1.82) is 0 Å². The van der Waals surface area contributed by atoms with Gasteiger partial charge in [0.2, 0.25) is 0 Å². The third kappa shape index (κ3) is 4.46. The quantitative estimate of drug-likeness (QED) is 0.803. The summed E-state index contributed by atoms with van der Waals surface area (Å²) >= 11 is 1.62. The third-order valence-electron chi connectivity index (χ3n) is 4.76. The van der Waals surface area contributed by atoms with Crippen molar-refractivity contribution in [3.05, 3.63) is 59.8 Å². The van der Waals surface area contributed by atoms with Crippen LogP contribution in [0, 0.1) is 5.92 Å². The number of thioether (sulfide) groups is 1. The summed E-state index contributed by atoms with van der Waals surface area (Å²) in [5.41, 5.74) is 1.65. The minimum atomic E-state index is -0.459. The maximum Gasteiger partial charge on any atom is 0.256 e. The number of benzene rings is 1. The van der Waals surface area contributed by atoms with Crippen LogP contribution in [0.15, 0.2) is 53.7 Å². The highest BCUT2D eigenvalue weighted by molar-refractivity contribution is 7.99. The molecule has 1 aliphatic rings. The minimum absolute atomic E-state index is 0.0499. The van der Waals surface area contributed by atoms with E-state index in [9.17, 15) is 9.90 Å². The maximum absolute atomic E-state index is 13.0. The first kappa shape index (κ1) is 18.9. The number of hydrogen-bond acceptors (Lipinski definition) is 4. The summed E-state index contributed by atoms with van der Waals surface area (Å²) in [6.45, 7) is 5.55. The van der Waals surface area contributed by atoms with Gasteiger partial charge in [-0.2, -0.15) is 0 Å². The Kier molecular flexibility index (Phi) is 6.33. The lowest BCUT2D eigenvalue weighted by atomic mass is 9.87. The maximum atomic E-state index is 13.0. The number of rotatable bonds is 5. The van der Waals surface area contributed by atoms with Gasteiger partial charge in [0, 0.05) is 24.5 Å². The highest BCUT2D eigenvalue weighted by Crippen LogP contribution is 2.32. The number of aromatic nitrogens is 1. The number of carbonyl (C=O) groups excluding carboxylic acids is 1. The van der Waals surface area contributed by atoms with E-state index in [4.69, 9.17) is 0 Å². The van der Waals surface area contributed by atoms with E-state index in [-0.39, 0.29) is 11.8 Å². The molecule has 2 heterocycles. The van der Waals surface area contributed by atoms with E-state index in [2.05, 4.69) is 18.8 Å². The summed E-state index contributed by atoms with van der Waals surface area (Å²) in [4.78, 5) is 19.3. The molecule has 1 N–H and O–H groups in total. The molecule has 3 rings (SSSR count). The van der Waals surface area contributed by atoms with Crippen LogP contribution >= 0.6 is 11.8 Å². The molecule has 0 spiro atoms. The van der Waals surface area contributed by atoms with Crippen LogP contribution in [-0.4, -0.2) is 39.2 Å². The highest BCUT2D eigenvalue weighted by Gasteiger charge is 2.29. The van der Waals surface area contributed by atoms with Gasteiger partial charge in [-0.25, -0.2) is 4.98 Å². The van der Waals surface area contributed by atoms with Crippen LogP contribution in [-0.2, 0) is 0 Å². The fourth-order valence-corrected chi connectivity index (χ4v) is 4.23. The molecule has 1 saturated heterocycles. The summed E-state index contributed by atoms with van der Waals surface area (Å²) in [5.74, 6) is 0.244. The predicted molar refractivity (Wildman–Crippen MR) is 105 cm³/mol. The van der Waals surface area contributed by atoms with Gasteiger partial charge in [0.15, 0.2) is 0 Å². The average Bonchev–Trinajstić information content (AvgIpc) is 2.68. The summed E-state index contributed by atoms with van der Waals surface area (Å²) < 4.78 is 0. The SMILES string of the molecule is CC(C)Sc1ncccc1C(=O)N1CCC(C(O)c2ccccc2)CC1. The number of amides is 1. The molecule has 1 aromatic heterocycles. The van der Waals surface area contributed by atoms with Crippen LogP contribution in [0.2, 0.25) is 0 Å². The van der Waals surface area contributed by atoms with Gasteiger partial charge in [-0.1, -0.05) is 44.2 Å². The molecule has 1 fully saturated rings. The number of aliphatic hydroxyl groups excluding tert-OH is 1.